The van der Waals surface area contributed by atoms with Crippen molar-refractivity contribution in [3.8, 4) is 0 Å². The van der Waals surface area contributed by atoms with Crippen LogP contribution in [0.15, 0.2) is 40.8 Å². The van der Waals surface area contributed by atoms with E-state index in [1.54, 1.807) is 26.8 Å². The van der Waals surface area contributed by atoms with Gasteiger partial charge in [0.2, 0.25) is 29.5 Å². The highest BCUT2D eigenvalue weighted by atomic mass is 16.3. The van der Waals surface area contributed by atoms with Gasteiger partial charge < -0.3 is 41.0 Å². The predicted molar refractivity (Wildman–Crippen MR) is 179 cm³/mol. The first kappa shape index (κ1) is 37.1. The molecule has 0 aliphatic carbocycles. The quantitative estimate of drug-likeness (QED) is 0.257. The molecule has 2 saturated heterocycles. The van der Waals surface area contributed by atoms with Gasteiger partial charge in [0, 0.05) is 19.5 Å². The van der Waals surface area contributed by atoms with Crippen molar-refractivity contribution in [3.63, 3.8) is 0 Å². The van der Waals surface area contributed by atoms with E-state index in [0.29, 0.717) is 43.7 Å². The van der Waals surface area contributed by atoms with E-state index in [2.05, 4.69) is 26.6 Å². The maximum absolute atomic E-state index is 14.0. The standard InChI is InChI=1S/C35H48N6O8/c1-5-25-31(44)40-29(21(3)42)34(47)39-27(19-23-12-7-6-8-13-23)35(48)41-17-11-15-28(41)33(46)36-16-10-9-14-26(32(45)37-25)38-30(43)24-18-20(2)49-22(24)4/h6-8,12-13,18,21,25-29,42H,5,9-11,14-17,19H2,1-4H3,(H,36,46)(H,37,45)(H,38,43)(H,39,47)(H,40,44)/t21-,25+,26+,27-,28+,29+/m1/s1. The summed E-state index contributed by atoms with van der Waals surface area (Å²) in [7, 11) is 0. The number of benzene rings is 1. The van der Waals surface area contributed by atoms with Crippen LogP contribution in [0.3, 0.4) is 0 Å². The third-order valence-electron chi connectivity index (χ3n) is 8.97. The summed E-state index contributed by atoms with van der Waals surface area (Å²) < 4.78 is 5.48. The van der Waals surface area contributed by atoms with Crippen LogP contribution in [0.1, 0.15) is 79.8 Å². The lowest BCUT2D eigenvalue weighted by Gasteiger charge is -2.30. The van der Waals surface area contributed by atoms with Gasteiger partial charge in [0.05, 0.1) is 11.7 Å². The minimum Gasteiger partial charge on any atom is -0.466 e. The molecule has 49 heavy (non-hydrogen) atoms. The second kappa shape index (κ2) is 17.1. The number of carbonyl (C=O) groups is 6. The van der Waals surface area contributed by atoms with Gasteiger partial charge in [-0.1, -0.05) is 37.3 Å². The number of amides is 6. The van der Waals surface area contributed by atoms with Crippen LogP contribution in [-0.4, -0.2) is 94.9 Å². The van der Waals surface area contributed by atoms with Crippen molar-refractivity contribution in [2.75, 3.05) is 13.1 Å². The SMILES string of the molecule is CC[C@@H]1NC(=O)[C@@H](NC(=O)c2cc(C)oc2C)CCCCNC(=O)[C@@H]2CCCN2C(=O)[C@@H](Cc2ccccc2)NC(=O)[C@H]([C@@H](C)O)NC1=O. The Kier molecular flexibility index (Phi) is 12.9. The highest BCUT2D eigenvalue weighted by Gasteiger charge is 2.39. The van der Waals surface area contributed by atoms with E-state index in [9.17, 15) is 33.9 Å². The van der Waals surface area contributed by atoms with Crippen molar-refractivity contribution in [2.24, 2.45) is 0 Å². The van der Waals surface area contributed by atoms with Gasteiger partial charge in [-0.05, 0) is 70.9 Å². The molecule has 0 saturated carbocycles. The number of fused-ring (bicyclic) bond motifs is 1. The lowest BCUT2D eigenvalue weighted by atomic mass is 10.0. The summed E-state index contributed by atoms with van der Waals surface area (Å²) in [5, 5.41) is 24.2. The Balaban J connectivity index is 1.61. The van der Waals surface area contributed by atoms with Gasteiger partial charge >= 0.3 is 0 Å². The predicted octanol–water partition coefficient (Wildman–Crippen LogP) is 0.774. The first-order chi connectivity index (χ1) is 23.4. The largest absolute Gasteiger partial charge is 0.466 e. The monoisotopic (exact) mass is 680 g/mol. The van der Waals surface area contributed by atoms with Crippen LogP contribution in [0.25, 0.3) is 0 Å². The van der Waals surface area contributed by atoms with Crippen molar-refractivity contribution in [1.82, 2.24) is 31.5 Å². The molecule has 6 N–H and O–H groups in total. The lowest BCUT2D eigenvalue weighted by molar-refractivity contribution is -0.142. The Labute approximate surface area is 286 Å². The number of hydrogen-bond acceptors (Lipinski definition) is 8. The second-order valence-corrected chi connectivity index (χ2v) is 12.8. The maximum Gasteiger partial charge on any atom is 0.255 e. The molecule has 14 heteroatoms. The van der Waals surface area contributed by atoms with Gasteiger partial charge in [0.1, 0.15) is 41.7 Å². The Morgan fingerprint density at radius 3 is 2.31 bits per heavy atom. The van der Waals surface area contributed by atoms with Gasteiger partial charge in [-0.2, -0.15) is 0 Å². The lowest BCUT2D eigenvalue weighted by Crippen LogP contribution is -2.61. The van der Waals surface area contributed by atoms with E-state index < -0.39 is 65.8 Å². The van der Waals surface area contributed by atoms with Crippen LogP contribution < -0.4 is 26.6 Å². The first-order valence-corrected chi connectivity index (χ1v) is 17.0. The molecule has 0 unspecified atom stereocenters. The number of aliphatic hydroxyl groups excluding tert-OH is 1. The van der Waals surface area contributed by atoms with Gasteiger partial charge in [-0.25, -0.2) is 0 Å². The number of furan rings is 1. The number of hydrogen-bond donors (Lipinski definition) is 6. The fraction of sp³-hybridized carbons (Fsp3) is 0.543. The molecule has 2 fully saturated rings. The highest BCUT2D eigenvalue weighted by molar-refractivity contribution is 6.00. The Hall–Kier alpha value is -4.72. The summed E-state index contributed by atoms with van der Waals surface area (Å²) in [5.74, 6) is -2.46. The van der Waals surface area contributed by atoms with Crippen molar-refractivity contribution in [2.45, 2.75) is 109 Å². The van der Waals surface area contributed by atoms with Crippen molar-refractivity contribution in [1.29, 1.82) is 0 Å². The number of nitrogens with zero attached hydrogens (tertiary/aromatic N) is 1. The first-order valence-electron chi connectivity index (χ1n) is 17.0. The number of rotatable bonds is 6. The molecular weight excluding hydrogens is 632 g/mol. The van der Waals surface area contributed by atoms with E-state index >= 15 is 0 Å². The maximum atomic E-state index is 14.0. The van der Waals surface area contributed by atoms with Gasteiger partial charge in [-0.3, -0.25) is 28.8 Å². The number of nitrogens with one attached hydrogen (secondary N) is 5. The summed E-state index contributed by atoms with van der Waals surface area (Å²) >= 11 is 0. The molecule has 0 radical (unpaired) electrons. The topological polar surface area (TPSA) is 199 Å². The van der Waals surface area contributed by atoms with Crippen LogP contribution in [0.2, 0.25) is 0 Å². The van der Waals surface area contributed by atoms with Crippen LogP contribution in [0.4, 0.5) is 0 Å². The fourth-order valence-corrected chi connectivity index (χ4v) is 6.26. The molecule has 0 spiro atoms. The molecule has 6 amide bonds. The van der Waals surface area contributed by atoms with E-state index in [4.69, 9.17) is 4.42 Å². The summed E-state index contributed by atoms with van der Waals surface area (Å²) in [5.41, 5.74) is 1.05. The minimum absolute atomic E-state index is 0.120. The van der Waals surface area contributed by atoms with Gasteiger partial charge in [0.25, 0.3) is 5.91 Å². The molecule has 266 valence electrons. The third-order valence-corrected chi connectivity index (χ3v) is 8.97. The van der Waals surface area contributed by atoms with E-state index in [1.165, 1.54) is 11.8 Å². The van der Waals surface area contributed by atoms with Crippen LogP contribution >= 0.6 is 0 Å². The molecule has 1 aromatic heterocycles. The number of aliphatic hydroxyl groups is 1. The van der Waals surface area contributed by atoms with E-state index in [-0.39, 0.29) is 37.3 Å². The number of aryl methyl sites for hydroxylation is 2. The normalized spacial score (nSPS) is 25.4. The zero-order chi connectivity index (χ0) is 35.7. The van der Waals surface area contributed by atoms with Crippen LogP contribution in [0, 0.1) is 13.8 Å². The average Bonchev–Trinajstić information content (AvgIpc) is 3.70. The summed E-state index contributed by atoms with van der Waals surface area (Å²) in [6, 6.07) is 5.24. The molecule has 6 atom stereocenters. The fourth-order valence-electron chi connectivity index (χ4n) is 6.26. The molecule has 2 aliphatic heterocycles. The second-order valence-electron chi connectivity index (χ2n) is 12.8. The minimum atomic E-state index is -1.47. The molecule has 14 nitrogen and oxygen atoms in total. The van der Waals surface area contributed by atoms with Crippen molar-refractivity contribution >= 4 is 35.4 Å². The Morgan fingerprint density at radius 2 is 1.65 bits per heavy atom. The summed E-state index contributed by atoms with van der Waals surface area (Å²) in [4.78, 5) is 82.6. The van der Waals surface area contributed by atoms with Crippen LogP contribution in [0.5, 0.6) is 0 Å². The molecule has 0 bridgehead atoms. The van der Waals surface area contributed by atoms with E-state index in [1.807, 2.05) is 30.3 Å². The Bertz CT molecular complexity index is 1510. The molecule has 4 rings (SSSR count). The summed E-state index contributed by atoms with van der Waals surface area (Å²) in [6.45, 7) is 6.97. The van der Waals surface area contributed by atoms with Gasteiger partial charge in [-0.15, -0.1) is 0 Å². The van der Waals surface area contributed by atoms with Crippen molar-refractivity contribution < 1.29 is 38.3 Å². The highest BCUT2D eigenvalue weighted by Crippen LogP contribution is 2.20. The molecule has 2 aliphatic rings. The Morgan fingerprint density at radius 1 is 0.939 bits per heavy atom. The average molecular weight is 681 g/mol. The smallest absolute Gasteiger partial charge is 0.255 e. The van der Waals surface area contributed by atoms with Crippen LogP contribution in [-0.2, 0) is 30.4 Å². The van der Waals surface area contributed by atoms with E-state index in [0.717, 1.165) is 5.56 Å². The van der Waals surface area contributed by atoms with Gasteiger partial charge in [0.15, 0.2) is 0 Å². The third kappa shape index (κ3) is 9.68. The zero-order valence-electron chi connectivity index (χ0n) is 28.5. The molecule has 1 aromatic carbocycles. The molecular formula is C35H48N6O8. The molecule has 3 heterocycles. The zero-order valence-corrected chi connectivity index (χ0v) is 28.5. The number of carbonyl (C=O) groups excluding carboxylic acids is 6. The summed E-state index contributed by atoms with van der Waals surface area (Å²) in [6.07, 6.45) is 1.09. The van der Waals surface area contributed by atoms with Crippen molar-refractivity contribution in [3.05, 3.63) is 59.0 Å². The molecule has 2 aromatic rings.